The zero-order valence-corrected chi connectivity index (χ0v) is 22.7. The van der Waals surface area contributed by atoms with Crippen LogP contribution in [-0.4, -0.2) is 12.7 Å². The van der Waals surface area contributed by atoms with Crippen LogP contribution in [0.3, 0.4) is 0 Å². The molecule has 4 bridgehead atoms. The Morgan fingerprint density at radius 1 is 1.00 bits per heavy atom. The van der Waals surface area contributed by atoms with Crippen molar-refractivity contribution in [2.75, 3.05) is 7.11 Å². The van der Waals surface area contributed by atoms with E-state index in [0.29, 0.717) is 29.1 Å². The van der Waals surface area contributed by atoms with Gasteiger partial charge in [-0.15, -0.1) is 0 Å². The molecule has 0 aromatic heterocycles. The van der Waals surface area contributed by atoms with Crippen LogP contribution in [0.4, 0.5) is 0 Å². The molecule has 4 fully saturated rings. The summed E-state index contributed by atoms with van der Waals surface area (Å²) in [5.41, 5.74) is 1.01. The summed E-state index contributed by atoms with van der Waals surface area (Å²) in [6.07, 6.45) is 7.95. The first-order valence-electron chi connectivity index (χ1n) is 11.3. The minimum atomic E-state index is -4.59. The molecule has 0 spiro atoms. The standard InChI is InChI=1S/C25H27O5PS.Na/c1-28-21-7-4-6-20-22(12-19-5-2-3-8-23(19)32-24(20)21)29-31(26,27)30-25-13-16-9-17(14-25)11-18(10-16)15-25;/h2-8,12,16-18H,9-11,13-15H2,1H3,(H,26,27);/q;+1/p-1. The molecule has 2 aromatic carbocycles. The summed E-state index contributed by atoms with van der Waals surface area (Å²) >= 11 is 1.55. The Labute approximate surface area is 221 Å². The second kappa shape index (κ2) is 9.05. The van der Waals surface area contributed by atoms with Crippen LogP contribution in [0, 0.1) is 17.8 Å². The quantitative estimate of drug-likeness (QED) is 0.472. The number of benzene rings is 2. The van der Waals surface area contributed by atoms with E-state index >= 15 is 0 Å². The monoisotopic (exact) mass is 492 g/mol. The molecule has 0 N–H and O–H groups in total. The fourth-order valence-corrected chi connectivity index (χ4v) is 8.86. The summed E-state index contributed by atoms with van der Waals surface area (Å²) in [6.45, 7) is 0. The van der Waals surface area contributed by atoms with Gasteiger partial charge in [0.2, 0.25) is 0 Å². The smallest absolute Gasteiger partial charge is 0.746 e. The van der Waals surface area contributed by atoms with E-state index < -0.39 is 13.4 Å². The number of phosphoric ester groups is 1. The molecule has 5 aliphatic rings. The van der Waals surface area contributed by atoms with Crippen LogP contribution < -0.4 is 39.2 Å². The van der Waals surface area contributed by atoms with Gasteiger partial charge in [0.25, 0.3) is 0 Å². The topological polar surface area (TPSA) is 67.8 Å². The molecule has 8 heteroatoms. The third-order valence-electron chi connectivity index (χ3n) is 7.38. The second-order valence-corrected chi connectivity index (χ2v) is 12.0. The second-order valence-electron chi connectivity index (χ2n) is 9.72. The van der Waals surface area contributed by atoms with Gasteiger partial charge in [0, 0.05) is 10.5 Å². The molecule has 0 radical (unpaired) electrons. The summed E-state index contributed by atoms with van der Waals surface area (Å²) in [5, 5.41) is 0. The van der Waals surface area contributed by atoms with E-state index in [4.69, 9.17) is 13.8 Å². The predicted molar refractivity (Wildman–Crippen MR) is 122 cm³/mol. The molecule has 1 unspecified atom stereocenters. The molecular weight excluding hydrogens is 466 g/mol. The summed E-state index contributed by atoms with van der Waals surface area (Å²) in [5.74, 6) is 2.73. The van der Waals surface area contributed by atoms with Crippen molar-refractivity contribution in [2.45, 2.75) is 53.9 Å². The first-order valence-corrected chi connectivity index (χ1v) is 13.6. The average Bonchev–Trinajstić information content (AvgIpc) is 2.88. The summed E-state index contributed by atoms with van der Waals surface area (Å²) in [7, 11) is -2.97. The molecule has 4 saturated carbocycles. The molecule has 7 rings (SSSR count). The van der Waals surface area contributed by atoms with Crippen LogP contribution in [0.2, 0.25) is 0 Å². The number of hydrogen-bond donors (Lipinski definition) is 0. The Hall–Kier alpha value is -0.720. The van der Waals surface area contributed by atoms with Crippen molar-refractivity contribution in [3.63, 3.8) is 0 Å². The molecule has 1 aliphatic heterocycles. The van der Waals surface area contributed by atoms with Crippen molar-refractivity contribution >= 4 is 31.4 Å². The van der Waals surface area contributed by atoms with Crippen molar-refractivity contribution in [2.24, 2.45) is 17.8 Å². The van der Waals surface area contributed by atoms with Crippen LogP contribution in [0.1, 0.15) is 49.7 Å². The molecule has 0 amide bonds. The van der Waals surface area contributed by atoms with E-state index in [2.05, 4.69) is 0 Å². The maximum absolute atomic E-state index is 13.3. The molecule has 0 saturated heterocycles. The number of ether oxygens (including phenoxy) is 1. The van der Waals surface area contributed by atoms with Crippen molar-refractivity contribution in [1.82, 2.24) is 0 Å². The molecule has 4 aliphatic carbocycles. The molecule has 168 valence electrons. The van der Waals surface area contributed by atoms with Gasteiger partial charge in [-0.3, -0.25) is 4.57 Å². The molecule has 33 heavy (non-hydrogen) atoms. The predicted octanol–water partition coefficient (Wildman–Crippen LogP) is 3.13. The van der Waals surface area contributed by atoms with Crippen molar-refractivity contribution in [1.29, 1.82) is 0 Å². The average molecular weight is 493 g/mol. The van der Waals surface area contributed by atoms with E-state index in [1.54, 1.807) is 24.9 Å². The van der Waals surface area contributed by atoms with Gasteiger partial charge in [-0.25, -0.2) is 0 Å². The Kier molecular flexibility index (Phi) is 6.58. The minimum Gasteiger partial charge on any atom is -0.746 e. The van der Waals surface area contributed by atoms with E-state index in [0.717, 1.165) is 34.6 Å². The van der Waals surface area contributed by atoms with Gasteiger partial charge >= 0.3 is 37.4 Å². The number of phosphoric acid groups is 1. The van der Waals surface area contributed by atoms with Crippen LogP contribution in [0.5, 0.6) is 5.75 Å². The Morgan fingerprint density at radius 2 is 1.67 bits per heavy atom. The van der Waals surface area contributed by atoms with Crippen LogP contribution >= 0.6 is 19.6 Å². The molecular formula is C25H26NaO5PS. The SMILES string of the molecule is COc1cccc2c1Sc1ccccc1C=C2OP(=O)([O-])OC12CC3CC(CC(C3)C1)C2.[Na+]. The number of rotatable bonds is 5. The normalized spacial score (nSPS) is 30.7. The summed E-state index contributed by atoms with van der Waals surface area (Å²) in [6, 6.07) is 13.5. The van der Waals surface area contributed by atoms with Gasteiger partial charge < -0.3 is 18.7 Å². The number of fused-ring (bicyclic) bond motifs is 2. The van der Waals surface area contributed by atoms with E-state index in [1.807, 2.05) is 42.5 Å². The zero-order valence-electron chi connectivity index (χ0n) is 19.0. The van der Waals surface area contributed by atoms with Crippen LogP contribution in [0.25, 0.3) is 11.8 Å². The van der Waals surface area contributed by atoms with E-state index in [-0.39, 0.29) is 35.3 Å². The van der Waals surface area contributed by atoms with Gasteiger partial charge in [0.15, 0.2) is 0 Å². The zero-order chi connectivity index (χ0) is 21.9. The Balaban J connectivity index is 0.00000228. The molecule has 2 aromatic rings. The van der Waals surface area contributed by atoms with E-state index in [1.165, 1.54) is 19.3 Å². The van der Waals surface area contributed by atoms with Crippen molar-refractivity contribution in [3.05, 3.63) is 53.6 Å². The maximum Gasteiger partial charge on any atom is 1.00 e. The first-order chi connectivity index (χ1) is 15.4. The maximum atomic E-state index is 13.3. The van der Waals surface area contributed by atoms with Crippen molar-refractivity contribution in [3.8, 4) is 5.75 Å². The third kappa shape index (κ3) is 4.61. The largest absolute Gasteiger partial charge is 1.00 e. The molecule has 5 nitrogen and oxygen atoms in total. The van der Waals surface area contributed by atoms with Crippen molar-refractivity contribution < 1.29 is 52.8 Å². The fraction of sp³-hybridized carbons (Fsp3) is 0.440. The van der Waals surface area contributed by atoms with Gasteiger partial charge in [-0.2, -0.15) is 0 Å². The minimum absolute atomic E-state index is 0. The first kappa shape index (κ1) is 24.0. The van der Waals surface area contributed by atoms with Gasteiger partial charge in [-0.05, 0) is 86.1 Å². The summed E-state index contributed by atoms with van der Waals surface area (Å²) < 4.78 is 30.5. The Bertz CT molecular complexity index is 1110. The van der Waals surface area contributed by atoms with Crippen LogP contribution in [0.15, 0.2) is 52.3 Å². The number of methoxy groups -OCH3 is 1. The molecule has 1 atom stereocenters. The van der Waals surface area contributed by atoms with E-state index in [9.17, 15) is 9.46 Å². The van der Waals surface area contributed by atoms with Gasteiger partial charge in [0.1, 0.15) is 11.5 Å². The third-order valence-corrected chi connectivity index (χ3v) is 9.63. The van der Waals surface area contributed by atoms with Gasteiger partial charge in [0.05, 0.1) is 17.6 Å². The Morgan fingerprint density at radius 3 is 2.33 bits per heavy atom. The van der Waals surface area contributed by atoms with Crippen LogP contribution in [-0.2, 0) is 13.6 Å². The molecule has 1 heterocycles. The number of hydrogen-bond acceptors (Lipinski definition) is 6. The van der Waals surface area contributed by atoms with Gasteiger partial charge in [-0.1, -0.05) is 36.0 Å². The fourth-order valence-electron chi connectivity index (χ4n) is 6.59. The summed E-state index contributed by atoms with van der Waals surface area (Å²) in [4.78, 5) is 15.1.